The van der Waals surface area contributed by atoms with Gasteiger partial charge >= 0.3 is 25.0 Å². The van der Waals surface area contributed by atoms with Gasteiger partial charge in [0.25, 0.3) is 0 Å². The molecule has 0 heterocycles. The summed E-state index contributed by atoms with van der Waals surface area (Å²) in [6, 6.07) is 0. The van der Waals surface area contributed by atoms with Gasteiger partial charge in [-0.3, -0.25) is 0 Å². The molecule has 0 unspecified atom stereocenters. The van der Waals surface area contributed by atoms with E-state index in [0.717, 1.165) is 0 Å². The zero-order chi connectivity index (χ0) is 12.6. The second kappa shape index (κ2) is 9.34. The fraction of sp³-hybridized carbons (Fsp3) is 0.800. The van der Waals surface area contributed by atoms with Crippen molar-refractivity contribution in [1.82, 2.24) is 5.32 Å². The monoisotopic (exact) mass is 239 g/mol. The molecule has 0 rings (SSSR count). The van der Waals surface area contributed by atoms with Gasteiger partial charge in [0.2, 0.25) is 0 Å². The van der Waals surface area contributed by atoms with Crippen LogP contribution in [-0.2, 0) is 14.3 Å². The summed E-state index contributed by atoms with van der Waals surface area (Å²) in [6.45, 7) is 5.53. The largest absolute Gasteiger partial charge is 1.00 e. The summed E-state index contributed by atoms with van der Waals surface area (Å²) in [5, 5.41) is 12.5. The van der Waals surface area contributed by atoms with E-state index in [-0.39, 0.29) is 25.5 Å². The predicted octanol–water partition coefficient (Wildman–Crippen LogP) is -3.33. The number of carboxylic acids is 1. The molecule has 1 amide bonds. The summed E-state index contributed by atoms with van der Waals surface area (Å²) in [5.74, 6) is -1.25. The summed E-state index contributed by atoms with van der Waals surface area (Å²) in [4.78, 5) is 21.1. The van der Waals surface area contributed by atoms with Crippen LogP contribution in [0.25, 0.3) is 0 Å². The molecule has 0 aliphatic heterocycles. The van der Waals surface area contributed by atoms with Crippen molar-refractivity contribution in [2.45, 2.75) is 32.8 Å². The van der Waals surface area contributed by atoms with E-state index in [0.29, 0.717) is 13.0 Å². The van der Waals surface area contributed by atoms with E-state index in [2.05, 4.69) is 5.32 Å². The fourth-order valence-electron chi connectivity index (χ4n) is 0.834. The number of carboxylic acid groups (broad SMARTS) is 1. The van der Waals surface area contributed by atoms with Gasteiger partial charge in [-0.05, 0) is 27.2 Å². The molecule has 0 bridgehead atoms. The van der Waals surface area contributed by atoms with E-state index in [4.69, 9.17) is 9.47 Å². The number of hydrogen-bond donors (Lipinski definition) is 1. The van der Waals surface area contributed by atoms with E-state index < -0.39 is 24.3 Å². The number of hydrogen-bond acceptors (Lipinski definition) is 5. The average Bonchev–Trinajstić information content (AvgIpc) is 2.07. The molecule has 0 aromatic carbocycles. The van der Waals surface area contributed by atoms with Crippen molar-refractivity contribution < 1.29 is 43.0 Å². The second-order valence-corrected chi connectivity index (χ2v) is 4.21. The third-order valence-corrected chi connectivity index (χ3v) is 1.35. The SMILES string of the molecule is CC(C)(C)OC(=O)NCCCOCC(=O)[O-].[Li+]. The minimum absolute atomic E-state index is 0. The number of rotatable bonds is 6. The van der Waals surface area contributed by atoms with Crippen LogP contribution in [0.15, 0.2) is 0 Å². The first-order valence-corrected chi connectivity index (χ1v) is 5.06. The van der Waals surface area contributed by atoms with Crippen molar-refractivity contribution in [2.75, 3.05) is 19.8 Å². The maximum Gasteiger partial charge on any atom is 1.00 e. The Morgan fingerprint density at radius 2 is 1.88 bits per heavy atom. The maximum atomic E-state index is 11.1. The number of carbonyl (C=O) groups excluding carboxylic acids is 2. The van der Waals surface area contributed by atoms with Crippen LogP contribution in [-0.4, -0.2) is 37.4 Å². The van der Waals surface area contributed by atoms with Crippen LogP contribution in [0, 0.1) is 0 Å². The first kappa shape index (κ1) is 18.7. The zero-order valence-electron chi connectivity index (χ0n) is 10.9. The Kier molecular flexibility index (Phi) is 10.3. The van der Waals surface area contributed by atoms with Crippen LogP contribution in [0.3, 0.4) is 0 Å². The van der Waals surface area contributed by atoms with Crippen LogP contribution in [0.2, 0.25) is 0 Å². The van der Waals surface area contributed by atoms with Crippen molar-refractivity contribution in [3.05, 3.63) is 0 Å². The smallest absolute Gasteiger partial charge is 0.548 e. The standard InChI is InChI=1S/C10H19NO5.Li/c1-10(2,3)16-9(14)11-5-4-6-15-7-8(12)13;/h4-7H2,1-3H3,(H,11,14)(H,12,13);/q;+1/p-1. The number of aliphatic carboxylic acids is 1. The minimum atomic E-state index is -1.25. The van der Waals surface area contributed by atoms with Gasteiger partial charge in [-0.15, -0.1) is 0 Å². The van der Waals surface area contributed by atoms with Crippen LogP contribution >= 0.6 is 0 Å². The molecule has 0 fully saturated rings. The number of alkyl carbamates (subject to hydrolysis) is 1. The maximum absolute atomic E-state index is 11.1. The Hall–Kier alpha value is -0.703. The van der Waals surface area contributed by atoms with E-state index in [1.165, 1.54) is 0 Å². The summed E-state index contributed by atoms with van der Waals surface area (Å²) in [5.41, 5.74) is -0.518. The van der Waals surface area contributed by atoms with Gasteiger partial charge in [-0.25, -0.2) is 4.79 Å². The van der Waals surface area contributed by atoms with E-state index in [9.17, 15) is 14.7 Å². The molecule has 0 spiro atoms. The molecule has 0 aromatic heterocycles. The van der Waals surface area contributed by atoms with E-state index >= 15 is 0 Å². The van der Waals surface area contributed by atoms with E-state index in [1.807, 2.05) is 0 Å². The van der Waals surface area contributed by atoms with Gasteiger partial charge in [0, 0.05) is 13.2 Å². The average molecular weight is 239 g/mol. The van der Waals surface area contributed by atoms with Gasteiger partial charge < -0.3 is 24.7 Å². The normalized spacial score (nSPS) is 10.3. The molecule has 0 radical (unpaired) electrons. The Morgan fingerprint density at radius 1 is 1.29 bits per heavy atom. The van der Waals surface area contributed by atoms with Crippen molar-refractivity contribution in [3.63, 3.8) is 0 Å². The molecule has 6 nitrogen and oxygen atoms in total. The summed E-state index contributed by atoms with van der Waals surface area (Å²) in [7, 11) is 0. The predicted molar refractivity (Wildman–Crippen MR) is 54.7 cm³/mol. The van der Waals surface area contributed by atoms with Crippen molar-refractivity contribution in [1.29, 1.82) is 0 Å². The Morgan fingerprint density at radius 3 is 2.35 bits per heavy atom. The fourth-order valence-corrected chi connectivity index (χ4v) is 0.834. The van der Waals surface area contributed by atoms with Crippen molar-refractivity contribution in [3.8, 4) is 0 Å². The molecule has 0 aliphatic rings. The summed E-state index contributed by atoms with van der Waals surface area (Å²) >= 11 is 0. The number of ether oxygens (including phenoxy) is 2. The molecule has 0 saturated carbocycles. The molecule has 7 heteroatoms. The molecule has 0 aromatic rings. The van der Waals surface area contributed by atoms with Crippen molar-refractivity contribution in [2.24, 2.45) is 0 Å². The molecule has 0 aliphatic carbocycles. The molecule has 0 atom stereocenters. The van der Waals surface area contributed by atoms with Gasteiger partial charge in [0.05, 0.1) is 12.6 Å². The molecular formula is C10H18LiNO5. The quantitative estimate of drug-likeness (QED) is 0.387. The molecular weight excluding hydrogens is 221 g/mol. The van der Waals surface area contributed by atoms with E-state index in [1.54, 1.807) is 20.8 Å². The van der Waals surface area contributed by atoms with Gasteiger partial charge in [-0.2, -0.15) is 0 Å². The van der Waals surface area contributed by atoms with Crippen molar-refractivity contribution >= 4 is 12.1 Å². The first-order chi connectivity index (χ1) is 7.31. The van der Waals surface area contributed by atoms with Gasteiger partial charge in [-0.1, -0.05) is 0 Å². The Bertz CT molecular complexity index is 239. The Labute approximate surface area is 113 Å². The van der Waals surface area contributed by atoms with Crippen LogP contribution in [0.5, 0.6) is 0 Å². The second-order valence-electron chi connectivity index (χ2n) is 4.21. The minimum Gasteiger partial charge on any atom is -0.548 e. The third kappa shape index (κ3) is 15.3. The molecule has 17 heavy (non-hydrogen) atoms. The number of nitrogens with one attached hydrogen (secondary N) is 1. The van der Waals surface area contributed by atoms with Crippen LogP contribution in [0.4, 0.5) is 4.79 Å². The van der Waals surface area contributed by atoms with Crippen LogP contribution in [0.1, 0.15) is 27.2 Å². The number of carbonyl (C=O) groups is 2. The third-order valence-electron chi connectivity index (χ3n) is 1.35. The molecule has 1 N–H and O–H groups in total. The molecule has 0 saturated heterocycles. The first-order valence-electron chi connectivity index (χ1n) is 5.06. The number of amides is 1. The topological polar surface area (TPSA) is 87.7 Å². The van der Waals surface area contributed by atoms with Crippen LogP contribution < -0.4 is 29.3 Å². The van der Waals surface area contributed by atoms with Gasteiger partial charge in [0.15, 0.2) is 0 Å². The Balaban J connectivity index is 0. The molecule has 94 valence electrons. The summed E-state index contributed by atoms with van der Waals surface area (Å²) < 4.78 is 9.71. The van der Waals surface area contributed by atoms with Gasteiger partial charge in [0.1, 0.15) is 5.60 Å². The summed E-state index contributed by atoms with van der Waals surface area (Å²) in [6.07, 6.45) is 0.0272. The zero-order valence-corrected chi connectivity index (χ0v) is 10.9.